The number of hydrogen-bond donors (Lipinski definition) is 2. The maximum Gasteiger partial charge on any atom is 0.311 e. The lowest BCUT2D eigenvalue weighted by atomic mass is 9.97. The van der Waals surface area contributed by atoms with Gasteiger partial charge in [-0.05, 0) is 83.1 Å². The first-order chi connectivity index (χ1) is 9.57. The minimum absolute atomic E-state index is 0. The molecule has 0 bridgehead atoms. The molecule has 0 aromatic rings. The number of carbonyl (C=O) groups is 2. The zero-order valence-corrected chi connectivity index (χ0v) is 17.1. The molecule has 0 rings (SSSR count). The number of aliphatic hydroxyl groups is 1. The molecule has 2 N–H and O–H groups in total. The van der Waals surface area contributed by atoms with Gasteiger partial charge in [0.25, 0.3) is 0 Å². The maximum absolute atomic E-state index is 11.3. The SMILES string of the molecule is C.CC(C)(C)C(=O)O.CC(C)(C)O.CC(C)(C)OC(=O)C(C)(C)C. The van der Waals surface area contributed by atoms with E-state index in [2.05, 4.69) is 0 Å². The van der Waals surface area contributed by atoms with Gasteiger partial charge in [0, 0.05) is 0 Å². The molecule has 0 atom stereocenters. The number of hydrogen-bond acceptors (Lipinski definition) is 4. The summed E-state index contributed by atoms with van der Waals surface area (Å²) in [6, 6.07) is 0. The Hall–Kier alpha value is -1.10. The minimum Gasteiger partial charge on any atom is -0.481 e. The number of esters is 1. The van der Waals surface area contributed by atoms with Crippen LogP contribution in [0.1, 0.15) is 90.5 Å². The molecule has 0 saturated heterocycles. The lowest BCUT2D eigenvalue weighted by Gasteiger charge is -2.25. The van der Waals surface area contributed by atoms with Crippen LogP contribution in [-0.4, -0.2) is 33.4 Å². The smallest absolute Gasteiger partial charge is 0.311 e. The second-order valence-electron chi connectivity index (χ2n) is 9.48. The van der Waals surface area contributed by atoms with Crippen LogP contribution in [0.5, 0.6) is 0 Å². The van der Waals surface area contributed by atoms with Crippen LogP contribution < -0.4 is 0 Å². The Bertz CT molecular complexity index is 351. The van der Waals surface area contributed by atoms with Gasteiger partial charge in [0.05, 0.1) is 16.4 Å². The number of carboxylic acid groups (broad SMARTS) is 1. The second kappa shape index (κ2) is 10.7. The van der Waals surface area contributed by atoms with Crippen LogP contribution in [0, 0.1) is 10.8 Å². The fraction of sp³-hybridized carbons (Fsp3) is 0.895. The van der Waals surface area contributed by atoms with E-state index in [0.717, 1.165) is 0 Å². The van der Waals surface area contributed by atoms with Gasteiger partial charge in [-0.15, -0.1) is 0 Å². The van der Waals surface area contributed by atoms with E-state index in [1.807, 2.05) is 41.5 Å². The Labute approximate surface area is 149 Å². The highest BCUT2D eigenvalue weighted by molar-refractivity contribution is 5.75. The van der Waals surface area contributed by atoms with Crippen molar-refractivity contribution >= 4 is 11.9 Å². The van der Waals surface area contributed by atoms with E-state index in [1.165, 1.54) is 0 Å². The van der Waals surface area contributed by atoms with Crippen LogP contribution in [0.4, 0.5) is 0 Å². The van der Waals surface area contributed by atoms with Crippen molar-refractivity contribution in [3.63, 3.8) is 0 Å². The Balaban J connectivity index is -0.000000133. The molecule has 0 spiro atoms. The summed E-state index contributed by atoms with van der Waals surface area (Å²) in [7, 11) is 0. The minimum atomic E-state index is -0.757. The fourth-order valence-corrected chi connectivity index (χ4v) is 0.431. The van der Waals surface area contributed by atoms with Gasteiger partial charge in [-0.25, -0.2) is 0 Å². The fourth-order valence-electron chi connectivity index (χ4n) is 0.431. The predicted molar refractivity (Wildman–Crippen MR) is 101 cm³/mol. The first-order valence-corrected chi connectivity index (χ1v) is 7.76. The van der Waals surface area contributed by atoms with Crippen molar-refractivity contribution in [2.75, 3.05) is 0 Å². The highest BCUT2D eigenvalue weighted by Crippen LogP contribution is 2.19. The molecule has 0 aromatic heterocycles. The number of rotatable bonds is 0. The largest absolute Gasteiger partial charge is 0.481 e. The van der Waals surface area contributed by atoms with Crippen LogP contribution >= 0.6 is 0 Å². The molecule has 0 saturated carbocycles. The first-order valence-electron chi connectivity index (χ1n) is 7.76. The average Bonchev–Trinajstić information content (AvgIpc) is 2.09. The van der Waals surface area contributed by atoms with E-state index in [0.29, 0.717) is 0 Å². The summed E-state index contributed by atoms with van der Waals surface area (Å²) in [5.74, 6) is -0.905. The van der Waals surface area contributed by atoms with Crippen molar-refractivity contribution in [3.05, 3.63) is 0 Å². The monoisotopic (exact) mass is 350 g/mol. The van der Waals surface area contributed by atoms with E-state index in [9.17, 15) is 9.59 Å². The quantitative estimate of drug-likeness (QED) is 0.607. The lowest BCUT2D eigenvalue weighted by Crippen LogP contribution is -2.31. The highest BCUT2D eigenvalue weighted by atomic mass is 16.6. The normalized spacial score (nSPS) is 11.7. The molecular formula is C19H42O5. The Kier molecular flexibility index (Phi) is 13.7. The maximum atomic E-state index is 11.3. The molecule has 0 aromatic carbocycles. The second-order valence-corrected chi connectivity index (χ2v) is 9.48. The van der Waals surface area contributed by atoms with Crippen LogP contribution in [0.3, 0.4) is 0 Å². The Morgan fingerprint density at radius 1 is 0.708 bits per heavy atom. The van der Waals surface area contributed by atoms with Crippen molar-refractivity contribution in [2.24, 2.45) is 10.8 Å². The van der Waals surface area contributed by atoms with Gasteiger partial charge in [-0.3, -0.25) is 9.59 Å². The summed E-state index contributed by atoms with van der Waals surface area (Å²) in [5.41, 5.74) is -1.85. The summed E-state index contributed by atoms with van der Waals surface area (Å²) in [6.45, 7) is 21.4. The third-order valence-electron chi connectivity index (χ3n) is 1.65. The van der Waals surface area contributed by atoms with E-state index in [-0.39, 0.29) is 19.0 Å². The summed E-state index contributed by atoms with van der Waals surface area (Å²) < 4.78 is 5.16. The molecule has 0 aliphatic carbocycles. The topological polar surface area (TPSA) is 83.8 Å². The van der Waals surface area contributed by atoms with E-state index >= 15 is 0 Å². The molecule has 5 nitrogen and oxygen atoms in total. The van der Waals surface area contributed by atoms with Crippen molar-refractivity contribution in [1.29, 1.82) is 0 Å². The molecule has 148 valence electrons. The summed E-state index contributed by atoms with van der Waals surface area (Å²) in [5, 5.41) is 16.8. The summed E-state index contributed by atoms with van der Waals surface area (Å²) in [4.78, 5) is 21.3. The summed E-state index contributed by atoms with van der Waals surface area (Å²) in [6.07, 6.45) is 0. The third kappa shape index (κ3) is 32.7. The van der Waals surface area contributed by atoms with Gasteiger partial charge in [0.15, 0.2) is 0 Å². The molecule has 0 aliphatic rings. The van der Waals surface area contributed by atoms with Crippen molar-refractivity contribution < 1.29 is 24.5 Å². The van der Waals surface area contributed by atoms with Crippen LogP contribution in [0.2, 0.25) is 0 Å². The van der Waals surface area contributed by atoms with Crippen LogP contribution in [0.25, 0.3) is 0 Å². The van der Waals surface area contributed by atoms with Crippen molar-refractivity contribution in [1.82, 2.24) is 0 Å². The molecule has 5 heteroatoms. The predicted octanol–water partition coefficient (Wildman–Crippen LogP) is 4.90. The summed E-state index contributed by atoms with van der Waals surface area (Å²) >= 11 is 0. The van der Waals surface area contributed by atoms with Crippen LogP contribution in [0.15, 0.2) is 0 Å². The number of aliphatic carboxylic acids is 1. The molecule has 24 heavy (non-hydrogen) atoms. The van der Waals surface area contributed by atoms with Gasteiger partial charge >= 0.3 is 11.9 Å². The van der Waals surface area contributed by atoms with Crippen molar-refractivity contribution in [2.45, 2.75) is 102 Å². The molecule has 0 heterocycles. The number of carboxylic acids is 1. The zero-order valence-electron chi connectivity index (χ0n) is 17.1. The molecule has 0 fully saturated rings. The van der Waals surface area contributed by atoms with Gasteiger partial charge in [0.2, 0.25) is 0 Å². The number of carbonyl (C=O) groups excluding carboxylic acids is 1. The molecule has 0 amide bonds. The number of ether oxygens (including phenoxy) is 1. The lowest BCUT2D eigenvalue weighted by molar-refractivity contribution is -0.164. The van der Waals surface area contributed by atoms with E-state index in [4.69, 9.17) is 14.9 Å². The molecular weight excluding hydrogens is 308 g/mol. The molecule has 0 radical (unpaired) electrons. The third-order valence-corrected chi connectivity index (χ3v) is 1.65. The van der Waals surface area contributed by atoms with Crippen molar-refractivity contribution in [3.8, 4) is 0 Å². The van der Waals surface area contributed by atoms with E-state index < -0.39 is 22.4 Å². The van der Waals surface area contributed by atoms with E-state index in [1.54, 1.807) is 41.5 Å². The average molecular weight is 351 g/mol. The first kappa shape index (κ1) is 30.7. The van der Waals surface area contributed by atoms with Gasteiger partial charge in [-0.1, -0.05) is 7.43 Å². The Morgan fingerprint density at radius 3 is 0.958 bits per heavy atom. The van der Waals surface area contributed by atoms with Gasteiger partial charge in [-0.2, -0.15) is 0 Å². The van der Waals surface area contributed by atoms with Crippen LogP contribution in [-0.2, 0) is 14.3 Å². The highest BCUT2D eigenvalue weighted by Gasteiger charge is 2.27. The molecule has 0 unspecified atom stereocenters. The zero-order chi connectivity index (χ0) is 19.9. The molecule has 0 aliphatic heterocycles. The standard InChI is InChI=1S/C9H18O2.C5H10O2.C4H10O.CH4/c1-8(2,3)7(10)11-9(4,5)6;1-5(2,3)4(6)7;1-4(2,3)5;/h1-6H3;1-3H3,(H,6,7);5H,1-3H3;1H4. The Morgan fingerprint density at radius 2 is 0.917 bits per heavy atom. The van der Waals surface area contributed by atoms with Gasteiger partial charge < -0.3 is 14.9 Å². The van der Waals surface area contributed by atoms with Gasteiger partial charge in [0.1, 0.15) is 5.60 Å².